The van der Waals surface area contributed by atoms with E-state index < -0.39 is 12.5 Å². The summed E-state index contributed by atoms with van der Waals surface area (Å²) in [4.78, 5) is 18.2. The van der Waals surface area contributed by atoms with E-state index in [2.05, 4.69) is 9.97 Å². The van der Waals surface area contributed by atoms with Crippen LogP contribution in [0, 0.1) is 0 Å². The second-order valence-electron chi connectivity index (χ2n) is 4.62. The van der Waals surface area contributed by atoms with Crippen LogP contribution in [0.25, 0.3) is 11.0 Å². The number of hydrogen-bond donors (Lipinski definition) is 2. The van der Waals surface area contributed by atoms with Crippen molar-refractivity contribution in [1.29, 1.82) is 0 Å². The molecular weight excluding hydrogens is 240 g/mol. The SMILES string of the molecule is O=c1[nH]c2ccc(CN3CCC3C(F)F)cc2[nH]1. The summed E-state index contributed by atoms with van der Waals surface area (Å²) < 4.78 is 25.2. The smallest absolute Gasteiger partial charge is 0.306 e. The first kappa shape index (κ1) is 11.4. The number of likely N-dealkylation sites (tertiary alicyclic amines) is 1. The van der Waals surface area contributed by atoms with E-state index in [9.17, 15) is 13.6 Å². The van der Waals surface area contributed by atoms with Crippen LogP contribution < -0.4 is 5.69 Å². The van der Waals surface area contributed by atoms with Crippen molar-refractivity contribution in [3.8, 4) is 0 Å². The van der Waals surface area contributed by atoms with Gasteiger partial charge < -0.3 is 9.97 Å². The lowest BCUT2D eigenvalue weighted by atomic mass is 10.0. The number of halogens is 2. The number of H-pyrrole nitrogens is 2. The standard InChI is InChI=1S/C12H13F2N3O/c13-11(14)10-3-4-17(10)6-7-1-2-8-9(5-7)16-12(18)15-8/h1-2,5,10-11H,3-4,6H2,(H2,15,16,18). The number of benzene rings is 1. The topological polar surface area (TPSA) is 51.9 Å². The molecule has 2 heterocycles. The molecule has 0 radical (unpaired) electrons. The first-order chi connectivity index (χ1) is 8.63. The van der Waals surface area contributed by atoms with Crippen LogP contribution >= 0.6 is 0 Å². The van der Waals surface area contributed by atoms with E-state index in [1.165, 1.54) is 0 Å². The summed E-state index contributed by atoms with van der Waals surface area (Å²) in [6.45, 7) is 1.20. The van der Waals surface area contributed by atoms with Gasteiger partial charge in [0, 0.05) is 13.1 Å². The molecule has 0 saturated carbocycles. The third-order valence-electron chi connectivity index (χ3n) is 3.44. The summed E-state index contributed by atoms with van der Waals surface area (Å²) in [6.07, 6.45) is -1.73. The van der Waals surface area contributed by atoms with Gasteiger partial charge in [-0.1, -0.05) is 6.07 Å². The summed E-state index contributed by atoms with van der Waals surface area (Å²) in [6, 6.07) is 4.85. The molecule has 2 aromatic rings. The maximum atomic E-state index is 12.6. The highest BCUT2D eigenvalue weighted by atomic mass is 19.3. The van der Waals surface area contributed by atoms with Crippen LogP contribution in [-0.4, -0.2) is 33.9 Å². The number of nitrogens with one attached hydrogen (secondary N) is 2. The summed E-state index contributed by atoms with van der Waals surface area (Å²) in [5, 5.41) is 0. The molecule has 3 rings (SSSR count). The molecular formula is C12H13F2N3O. The number of aromatic amines is 2. The third-order valence-corrected chi connectivity index (χ3v) is 3.44. The zero-order chi connectivity index (χ0) is 12.7. The maximum absolute atomic E-state index is 12.6. The summed E-state index contributed by atoms with van der Waals surface area (Å²) >= 11 is 0. The number of rotatable bonds is 3. The second-order valence-corrected chi connectivity index (χ2v) is 4.62. The number of imidazole rings is 1. The quantitative estimate of drug-likeness (QED) is 0.874. The Balaban J connectivity index is 1.80. The first-order valence-electron chi connectivity index (χ1n) is 5.86. The van der Waals surface area contributed by atoms with E-state index in [-0.39, 0.29) is 5.69 Å². The van der Waals surface area contributed by atoms with E-state index in [0.29, 0.717) is 25.0 Å². The molecule has 1 aliphatic heterocycles. The lowest BCUT2D eigenvalue weighted by molar-refractivity contribution is -0.0388. The number of nitrogens with zero attached hydrogens (tertiary/aromatic N) is 1. The Morgan fingerprint density at radius 2 is 2.11 bits per heavy atom. The average Bonchev–Trinajstić information content (AvgIpc) is 2.62. The highest BCUT2D eigenvalue weighted by molar-refractivity contribution is 5.74. The molecule has 4 nitrogen and oxygen atoms in total. The maximum Gasteiger partial charge on any atom is 0.323 e. The van der Waals surface area contributed by atoms with Crippen LogP contribution in [-0.2, 0) is 6.54 Å². The van der Waals surface area contributed by atoms with Crippen molar-refractivity contribution in [3.63, 3.8) is 0 Å². The van der Waals surface area contributed by atoms with Crippen molar-refractivity contribution in [1.82, 2.24) is 14.9 Å². The Morgan fingerprint density at radius 1 is 1.33 bits per heavy atom. The number of alkyl halides is 2. The van der Waals surface area contributed by atoms with Gasteiger partial charge in [0.25, 0.3) is 6.43 Å². The Hall–Kier alpha value is -1.69. The molecule has 1 aromatic carbocycles. The van der Waals surface area contributed by atoms with Crippen molar-refractivity contribution in [2.45, 2.75) is 25.4 Å². The lowest BCUT2D eigenvalue weighted by Crippen LogP contribution is -2.50. The zero-order valence-corrected chi connectivity index (χ0v) is 9.62. The van der Waals surface area contributed by atoms with Gasteiger partial charge in [-0.15, -0.1) is 0 Å². The predicted molar refractivity (Wildman–Crippen MR) is 63.7 cm³/mol. The van der Waals surface area contributed by atoms with Crippen LogP contribution in [0.1, 0.15) is 12.0 Å². The highest BCUT2D eigenvalue weighted by Crippen LogP contribution is 2.26. The summed E-state index contributed by atoms with van der Waals surface area (Å²) in [5.41, 5.74) is 2.13. The van der Waals surface area contributed by atoms with Gasteiger partial charge in [0.1, 0.15) is 0 Å². The van der Waals surface area contributed by atoms with Gasteiger partial charge in [0.15, 0.2) is 0 Å². The normalized spacial score (nSPS) is 20.5. The van der Waals surface area contributed by atoms with E-state index in [0.717, 1.165) is 11.1 Å². The Labute approximate surface area is 102 Å². The molecule has 1 fully saturated rings. The molecule has 0 spiro atoms. The largest absolute Gasteiger partial charge is 0.323 e. The number of aromatic nitrogens is 2. The second kappa shape index (κ2) is 4.20. The third kappa shape index (κ3) is 1.92. The minimum Gasteiger partial charge on any atom is -0.306 e. The number of fused-ring (bicyclic) bond motifs is 1. The van der Waals surface area contributed by atoms with Crippen molar-refractivity contribution in [2.75, 3.05) is 6.54 Å². The zero-order valence-electron chi connectivity index (χ0n) is 9.62. The van der Waals surface area contributed by atoms with Gasteiger partial charge in [0.05, 0.1) is 17.1 Å². The van der Waals surface area contributed by atoms with Gasteiger partial charge in [-0.25, -0.2) is 13.6 Å². The molecule has 18 heavy (non-hydrogen) atoms. The van der Waals surface area contributed by atoms with E-state index in [1.807, 2.05) is 12.1 Å². The fourth-order valence-electron chi connectivity index (χ4n) is 2.35. The van der Waals surface area contributed by atoms with Gasteiger partial charge in [-0.3, -0.25) is 4.90 Å². The monoisotopic (exact) mass is 253 g/mol. The molecule has 6 heteroatoms. The summed E-state index contributed by atoms with van der Waals surface area (Å²) in [5.74, 6) is 0. The minimum absolute atomic E-state index is 0.253. The van der Waals surface area contributed by atoms with Crippen LogP contribution in [0.4, 0.5) is 8.78 Å². The molecule has 96 valence electrons. The van der Waals surface area contributed by atoms with Gasteiger partial charge in [0.2, 0.25) is 0 Å². The Morgan fingerprint density at radius 3 is 2.78 bits per heavy atom. The molecule has 1 unspecified atom stereocenters. The minimum atomic E-state index is -2.28. The predicted octanol–water partition coefficient (Wildman–Crippen LogP) is 1.70. The van der Waals surface area contributed by atoms with Gasteiger partial charge in [-0.05, 0) is 24.1 Å². The lowest BCUT2D eigenvalue weighted by Gasteiger charge is -2.40. The number of hydrogen-bond acceptors (Lipinski definition) is 2. The molecule has 0 amide bonds. The molecule has 1 atom stereocenters. The molecule has 1 saturated heterocycles. The molecule has 1 aromatic heterocycles. The van der Waals surface area contributed by atoms with E-state index in [4.69, 9.17) is 0 Å². The van der Waals surface area contributed by atoms with Crippen LogP contribution in [0.2, 0.25) is 0 Å². The van der Waals surface area contributed by atoms with Crippen molar-refractivity contribution in [3.05, 3.63) is 34.2 Å². The fourth-order valence-corrected chi connectivity index (χ4v) is 2.35. The van der Waals surface area contributed by atoms with Crippen molar-refractivity contribution < 1.29 is 8.78 Å². The first-order valence-corrected chi connectivity index (χ1v) is 5.86. The van der Waals surface area contributed by atoms with Crippen LogP contribution in [0.3, 0.4) is 0 Å². The molecule has 2 N–H and O–H groups in total. The van der Waals surface area contributed by atoms with E-state index in [1.54, 1.807) is 11.0 Å². The molecule has 0 bridgehead atoms. The molecule has 1 aliphatic rings. The van der Waals surface area contributed by atoms with Gasteiger partial charge in [-0.2, -0.15) is 0 Å². The van der Waals surface area contributed by atoms with Gasteiger partial charge >= 0.3 is 5.69 Å². The van der Waals surface area contributed by atoms with Crippen molar-refractivity contribution >= 4 is 11.0 Å². The fraction of sp³-hybridized carbons (Fsp3) is 0.417. The van der Waals surface area contributed by atoms with Crippen LogP contribution in [0.15, 0.2) is 23.0 Å². The Kier molecular flexibility index (Phi) is 2.66. The van der Waals surface area contributed by atoms with E-state index >= 15 is 0 Å². The van der Waals surface area contributed by atoms with Crippen molar-refractivity contribution in [2.24, 2.45) is 0 Å². The molecule has 0 aliphatic carbocycles. The van der Waals surface area contributed by atoms with Crippen LogP contribution in [0.5, 0.6) is 0 Å². The highest BCUT2D eigenvalue weighted by Gasteiger charge is 2.34. The Bertz CT molecular complexity index is 619. The average molecular weight is 253 g/mol. The summed E-state index contributed by atoms with van der Waals surface area (Å²) in [7, 11) is 0.